The molecule has 250 valence electrons. The van der Waals surface area contributed by atoms with E-state index in [-0.39, 0.29) is 8.96 Å². The van der Waals surface area contributed by atoms with Gasteiger partial charge < -0.3 is 9.13 Å². The highest BCUT2D eigenvalue weighted by molar-refractivity contribution is 14.1. The summed E-state index contributed by atoms with van der Waals surface area (Å²) in [5.41, 5.74) is 9.25. The van der Waals surface area contributed by atoms with E-state index in [1.807, 2.05) is 0 Å². The van der Waals surface area contributed by atoms with E-state index in [1.165, 1.54) is 81.8 Å². The van der Waals surface area contributed by atoms with Crippen LogP contribution in [0.15, 0.2) is 103 Å². The van der Waals surface area contributed by atoms with Crippen molar-refractivity contribution < 1.29 is 0 Å². The topological polar surface area (TPSA) is 9.86 Å². The van der Waals surface area contributed by atoms with Gasteiger partial charge in [0.25, 0.3) is 0 Å². The van der Waals surface area contributed by atoms with Gasteiger partial charge in [0.2, 0.25) is 0 Å². The minimum Gasteiger partial charge on any atom is -0.333 e. The molecular weight excluding hydrogens is 695 g/mol. The molecule has 2 unspecified atom stereocenters. The lowest BCUT2D eigenvalue weighted by molar-refractivity contribution is 0.290. The van der Waals surface area contributed by atoms with Gasteiger partial charge in [-0.05, 0) is 96.1 Å². The third kappa shape index (κ3) is 6.40. The summed E-state index contributed by atoms with van der Waals surface area (Å²) in [5, 5.41) is 3.98. The van der Waals surface area contributed by atoms with Gasteiger partial charge in [0.15, 0.2) is 0 Å². The Morgan fingerprint density at radius 1 is 0.812 bits per heavy atom. The fourth-order valence-electron chi connectivity index (χ4n) is 7.73. The lowest BCUT2D eigenvalue weighted by Crippen LogP contribution is -2.44. The van der Waals surface area contributed by atoms with Gasteiger partial charge in [0.1, 0.15) is 0 Å². The van der Waals surface area contributed by atoms with Crippen molar-refractivity contribution in [3.05, 3.63) is 114 Å². The fourth-order valence-corrected chi connectivity index (χ4v) is 7.97. The lowest BCUT2D eigenvalue weighted by Gasteiger charge is -2.42. The van der Waals surface area contributed by atoms with Crippen LogP contribution in [0.3, 0.4) is 0 Å². The van der Waals surface area contributed by atoms with E-state index in [1.54, 1.807) is 5.57 Å². The molecule has 0 amide bonds. The normalized spacial score (nSPS) is 16.7. The van der Waals surface area contributed by atoms with Crippen LogP contribution in [-0.4, -0.2) is 12.6 Å². The molecule has 6 rings (SSSR count). The third-order valence-electron chi connectivity index (χ3n) is 11.1. The number of halogens is 1. The molecule has 0 bridgehead atoms. The number of hydrogen-bond donors (Lipinski definition) is 0. The molecule has 1 aliphatic carbocycles. The quantitative estimate of drug-likeness (QED) is 0.0491. The van der Waals surface area contributed by atoms with Crippen molar-refractivity contribution in [2.45, 2.75) is 102 Å². The highest BCUT2D eigenvalue weighted by Gasteiger charge is 2.40. The zero-order valence-corrected chi connectivity index (χ0v) is 32.1. The zero-order valence-electron chi connectivity index (χ0n) is 29.9. The van der Waals surface area contributed by atoms with Crippen LogP contribution in [0, 0.1) is 5.92 Å². The predicted molar refractivity (Wildman–Crippen MR) is 221 cm³/mol. The minimum absolute atomic E-state index is 0.0734. The fraction of sp³-hybridized carbons (Fsp3) is 0.378. The maximum Gasteiger partial charge on any atom is 0.0541 e. The van der Waals surface area contributed by atoms with Crippen LogP contribution < -0.4 is 0 Å². The van der Waals surface area contributed by atoms with Crippen molar-refractivity contribution in [2.75, 3.05) is 0 Å². The smallest absolute Gasteiger partial charge is 0.0541 e. The molecule has 2 aromatic heterocycles. The molecule has 2 heterocycles. The van der Waals surface area contributed by atoms with E-state index in [9.17, 15) is 0 Å². The van der Waals surface area contributed by atoms with Gasteiger partial charge in [0, 0.05) is 36.3 Å². The van der Waals surface area contributed by atoms with E-state index in [0.717, 1.165) is 19.3 Å². The number of fused-ring (bicyclic) bond motifs is 6. The SMILES string of the molecule is C/C=C\C=C/CCCC1=Cc2c(c3ccccc3n2-c2ccc3c4ccccc4n(C(C)(C)C(C)(I)CC)c3c2)C=CC1CCCCC. The number of rotatable bonds is 13. The predicted octanol–water partition coefficient (Wildman–Crippen LogP) is 14.0. The van der Waals surface area contributed by atoms with Crippen LogP contribution in [0.2, 0.25) is 0 Å². The summed E-state index contributed by atoms with van der Waals surface area (Å²) in [6.45, 7) is 14.0. The van der Waals surface area contributed by atoms with Crippen molar-refractivity contribution in [1.82, 2.24) is 9.13 Å². The molecule has 0 fully saturated rings. The Hall–Kier alpha value is -3.31. The van der Waals surface area contributed by atoms with Crippen LogP contribution in [0.4, 0.5) is 0 Å². The van der Waals surface area contributed by atoms with Gasteiger partial charge in [-0.3, -0.25) is 0 Å². The zero-order chi connectivity index (χ0) is 33.9. The van der Waals surface area contributed by atoms with Crippen molar-refractivity contribution in [2.24, 2.45) is 5.92 Å². The molecule has 0 aliphatic heterocycles. The van der Waals surface area contributed by atoms with Gasteiger partial charge in [-0.1, -0.05) is 140 Å². The highest BCUT2D eigenvalue weighted by atomic mass is 127. The average molecular weight is 749 g/mol. The van der Waals surface area contributed by atoms with E-state index in [0.29, 0.717) is 5.92 Å². The Bertz CT molecular complexity index is 2020. The Balaban J connectivity index is 1.55. The molecule has 0 N–H and O–H groups in total. The van der Waals surface area contributed by atoms with Gasteiger partial charge in [0.05, 0.1) is 22.3 Å². The van der Waals surface area contributed by atoms with Crippen molar-refractivity contribution >= 4 is 67.5 Å². The molecule has 2 atom stereocenters. The van der Waals surface area contributed by atoms with Crippen molar-refractivity contribution in [3.63, 3.8) is 0 Å². The average Bonchev–Trinajstić information content (AvgIpc) is 3.52. The number of nitrogens with zero attached hydrogens (tertiary/aromatic N) is 2. The Kier molecular flexibility index (Phi) is 10.6. The van der Waals surface area contributed by atoms with E-state index in [2.05, 4.69) is 183 Å². The summed E-state index contributed by atoms with van der Waals surface area (Å²) >= 11 is 2.70. The molecule has 3 aromatic carbocycles. The number of unbranched alkanes of at least 4 members (excludes halogenated alkanes) is 3. The maximum atomic E-state index is 2.70. The monoisotopic (exact) mass is 748 g/mol. The van der Waals surface area contributed by atoms with Crippen molar-refractivity contribution in [1.29, 1.82) is 0 Å². The number of para-hydroxylation sites is 2. The molecular formula is C45H53IN2. The first-order valence-corrected chi connectivity index (χ1v) is 19.3. The van der Waals surface area contributed by atoms with E-state index >= 15 is 0 Å². The number of benzene rings is 3. The Labute approximate surface area is 302 Å². The van der Waals surface area contributed by atoms with Crippen LogP contribution >= 0.6 is 22.6 Å². The van der Waals surface area contributed by atoms with E-state index < -0.39 is 0 Å². The molecule has 5 aromatic rings. The van der Waals surface area contributed by atoms with Gasteiger partial charge in [-0.15, -0.1) is 0 Å². The largest absolute Gasteiger partial charge is 0.333 e. The molecule has 1 aliphatic rings. The van der Waals surface area contributed by atoms with Crippen LogP contribution in [0.1, 0.15) is 104 Å². The van der Waals surface area contributed by atoms with Gasteiger partial charge in [-0.2, -0.15) is 0 Å². The maximum absolute atomic E-state index is 2.70. The molecule has 0 radical (unpaired) electrons. The van der Waals surface area contributed by atoms with Crippen LogP contribution in [0.25, 0.3) is 50.5 Å². The first-order valence-electron chi connectivity index (χ1n) is 18.3. The first kappa shape index (κ1) is 34.5. The Morgan fingerprint density at radius 2 is 1.54 bits per heavy atom. The number of allylic oxidation sites excluding steroid dienone is 6. The summed E-state index contributed by atoms with van der Waals surface area (Å²) < 4.78 is 5.25. The summed E-state index contributed by atoms with van der Waals surface area (Å²) in [6, 6.07) is 25.2. The number of alkyl halides is 1. The summed E-state index contributed by atoms with van der Waals surface area (Å²) in [6.07, 6.45) is 25.8. The Morgan fingerprint density at radius 3 is 2.29 bits per heavy atom. The standard InChI is InChI=1S/C45H53IN2/c1-7-10-12-13-14-16-22-34-31-42-38(29-27-33(34)21-15-11-8-2)36-23-17-19-25-40(36)47(42)35-28-30-39-37-24-18-20-26-41(37)48(43(39)32-35)44(4,5)45(6,46)9-3/h7,10,12-13,17-20,23-33H,8-9,11,14-16,21-22H2,1-6H3/b10-7-,13-12-. The number of aromatic nitrogens is 2. The second-order valence-electron chi connectivity index (χ2n) is 14.3. The van der Waals surface area contributed by atoms with Crippen molar-refractivity contribution in [3.8, 4) is 5.69 Å². The van der Waals surface area contributed by atoms with Crippen LogP contribution in [-0.2, 0) is 5.54 Å². The second kappa shape index (κ2) is 14.7. The molecule has 2 nitrogen and oxygen atoms in total. The van der Waals surface area contributed by atoms with E-state index in [4.69, 9.17) is 0 Å². The molecule has 0 spiro atoms. The van der Waals surface area contributed by atoms with Crippen LogP contribution in [0.5, 0.6) is 0 Å². The molecule has 48 heavy (non-hydrogen) atoms. The first-order chi connectivity index (χ1) is 23.2. The van der Waals surface area contributed by atoms with Gasteiger partial charge >= 0.3 is 0 Å². The highest BCUT2D eigenvalue weighted by Crippen LogP contribution is 2.46. The second-order valence-corrected chi connectivity index (χ2v) is 16.7. The molecule has 3 heteroatoms. The molecule has 0 saturated heterocycles. The summed E-state index contributed by atoms with van der Waals surface area (Å²) in [7, 11) is 0. The minimum atomic E-state index is -0.110. The molecule has 0 saturated carbocycles. The van der Waals surface area contributed by atoms with Gasteiger partial charge in [-0.25, -0.2) is 0 Å². The summed E-state index contributed by atoms with van der Waals surface area (Å²) in [4.78, 5) is 0. The summed E-state index contributed by atoms with van der Waals surface area (Å²) in [5.74, 6) is 0.483. The lowest BCUT2D eigenvalue weighted by atomic mass is 9.86. The number of hydrogen-bond acceptors (Lipinski definition) is 0. The third-order valence-corrected chi connectivity index (χ3v) is 13.1.